The summed E-state index contributed by atoms with van der Waals surface area (Å²) in [5.74, 6) is 0. The molecule has 2 heteroatoms. The van der Waals surface area contributed by atoms with Gasteiger partial charge in [0.1, 0.15) is 5.69 Å². The van der Waals surface area contributed by atoms with E-state index in [9.17, 15) is 0 Å². The van der Waals surface area contributed by atoms with E-state index in [1.54, 1.807) is 0 Å². The maximum Gasteiger partial charge on any atom is 0.105 e. The van der Waals surface area contributed by atoms with Gasteiger partial charge in [0.25, 0.3) is 0 Å². The minimum atomic E-state index is 0.935. The summed E-state index contributed by atoms with van der Waals surface area (Å²) in [6, 6.07) is 89.6. The van der Waals surface area contributed by atoms with Crippen molar-refractivity contribution in [3.8, 4) is 50.2 Å². The number of benzene rings is 9. The molecule has 60 heavy (non-hydrogen) atoms. The maximum absolute atomic E-state index is 3.55. The van der Waals surface area contributed by atoms with Crippen molar-refractivity contribution in [1.82, 2.24) is 4.57 Å². The lowest BCUT2D eigenvalue weighted by Gasteiger charge is -2.27. The van der Waals surface area contributed by atoms with Gasteiger partial charge in [0.15, 0.2) is 0 Å². The lowest BCUT2D eigenvalue weighted by Crippen LogP contribution is -2.11. The molecule has 11 rings (SSSR count). The SMILES string of the molecule is c1ccc(-c2ccccc2)c(N(c2ccc(-c3cccc(-c4ccccc4)c3)cc2)c2cccc(-c3cccc4c3c3cc5ccccc5cc3n4-c3ccccc3)c2)c#1. The van der Waals surface area contributed by atoms with E-state index in [-0.39, 0.29) is 0 Å². The molecule has 0 saturated heterocycles. The molecule has 11 aromatic rings. The fraction of sp³-hybridized carbons (Fsp3) is 0. The Morgan fingerprint density at radius 1 is 0.367 bits per heavy atom. The van der Waals surface area contributed by atoms with Crippen molar-refractivity contribution in [3.63, 3.8) is 0 Å². The minimum Gasteiger partial charge on any atom is -0.309 e. The van der Waals surface area contributed by atoms with Crippen LogP contribution in [0.1, 0.15) is 0 Å². The van der Waals surface area contributed by atoms with Crippen LogP contribution in [0.25, 0.3) is 82.8 Å². The van der Waals surface area contributed by atoms with Crippen LogP contribution >= 0.6 is 0 Å². The smallest absolute Gasteiger partial charge is 0.105 e. The van der Waals surface area contributed by atoms with Gasteiger partial charge in [-0.3, -0.25) is 0 Å². The Bertz CT molecular complexity index is 3290. The summed E-state index contributed by atoms with van der Waals surface area (Å²) >= 11 is 0. The van der Waals surface area contributed by atoms with Crippen molar-refractivity contribution < 1.29 is 0 Å². The first kappa shape index (κ1) is 35.1. The van der Waals surface area contributed by atoms with Gasteiger partial charge in [0.2, 0.25) is 0 Å². The van der Waals surface area contributed by atoms with Crippen molar-refractivity contribution in [2.45, 2.75) is 0 Å². The Morgan fingerprint density at radius 2 is 0.967 bits per heavy atom. The Hall–Kier alpha value is -8.12. The molecule has 0 N–H and O–H groups in total. The summed E-state index contributed by atoms with van der Waals surface area (Å²) in [5.41, 5.74) is 15.8. The number of nitrogens with zero attached hydrogens (tertiary/aromatic N) is 2. The molecular weight excluding hydrogens is 725 g/mol. The van der Waals surface area contributed by atoms with Gasteiger partial charge < -0.3 is 9.47 Å². The largest absolute Gasteiger partial charge is 0.309 e. The van der Waals surface area contributed by atoms with Crippen LogP contribution in [-0.4, -0.2) is 4.57 Å². The fourth-order valence-electron chi connectivity index (χ4n) is 8.79. The lowest BCUT2D eigenvalue weighted by molar-refractivity contribution is 1.18. The van der Waals surface area contributed by atoms with E-state index in [0.29, 0.717) is 0 Å². The van der Waals surface area contributed by atoms with Crippen molar-refractivity contribution in [2.24, 2.45) is 0 Å². The Labute approximate surface area is 350 Å². The first-order chi connectivity index (χ1) is 29.8. The van der Waals surface area contributed by atoms with Crippen LogP contribution in [-0.2, 0) is 0 Å². The summed E-state index contributed by atoms with van der Waals surface area (Å²) in [6.45, 7) is 0. The molecule has 280 valence electrons. The van der Waals surface area contributed by atoms with Crippen LogP contribution in [0.2, 0.25) is 0 Å². The molecule has 0 radical (unpaired) electrons. The van der Waals surface area contributed by atoms with Crippen molar-refractivity contribution in [3.05, 3.63) is 243 Å². The van der Waals surface area contributed by atoms with E-state index in [1.165, 1.54) is 54.8 Å². The molecule has 0 atom stereocenters. The fourth-order valence-corrected chi connectivity index (χ4v) is 8.79. The molecule has 0 spiro atoms. The standard InChI is InChI=1S/C58H38N2/c1-4-17-41(18-5-1)44-23-14-24-45(37-44)42-33-35-50(36-34-42)59(55-31-13-12-29-52(55)43-19-6-2-7-20-43)51-28-15-25-48(38-51)53-30-16-32-56-58(53)54-39-46-21-10-11-22-47(46)40-57(54)60(56)49-26-8-3-9-27-49/h1-12,14-30,32-40H. The normalized spacial score (nSPS) is 11.2. The van der Waals surface area contributed by atoms with Gasteiger partial charge in [0.05, 0.1) is 11.0 Å². The lowest BCUT2D eigenvalue weighted by atomic mass is 9.97. The number of rotatable bonds is 8. The highest BCUT2D eigenvalue weighted by molar-refractivity contribution is 6.18. The van der Waals surface area contributed by atoms with Crippen LogP contribution < -0.4 is 4.90 Å². The van der Waals surface area contributed by atoms with E-state index < -0.39 is 0 Å². The van der Waals surface area contributed by atoms with E-state index in [4.69, 9.17) is 0 Å². The maximum atomic E-state index is 3.55. The molecule has 0 amide bonds. The molecule has 0 unspecified atom stereocenters. The van der Waals surface area contributed by atoms with E-state index in [0.717, 1.165) is 45.0 Å². The molecule has 1 heterocycles. The van der Waals surface area contributed by atoms with E-state index in [1.807, 2.05) is 6.07 Å². The van der Waals surface area contributed by atoms with Crippen LogP contribution in [0.3, 0.4) is 0 Å². The summed E-state index contributed by atoms with van der Waals surface area (Å²) in [5, 5.41) is 4.92. The number of aromatic nitrogens is 1. The molecule has 0 fully saturated rings. The molecular formula is C58H38N2. The number of para-hydroxylation sites is 1. The topological polar surface area (TPSA) is 8.17 Å². The van der Waals surface area contributed by atoms with Crippen LogP contribution in [0.15, 0.2) is 231 Å². The van der Waals surface area contributed by atoms with Gasteiger partial charge >= 0.3 is 0 Å². The third kappa shape index (κ3) is 6.27. The number of hydrogen-bond donors (Lipinski definition) is 0. The minimum absolute atomic E-state index is 0.935. The first-order valence-corrected chi connectivity index (χ1v) is 20.4. The van der Waals surface area contributed by atoms with Crippen molar-refractivity contribution in [1.29, 1.82) is 0 Å². The van der Waals surface area contributed by atoms with Gasteiger partial charge in [-0.05, 0) is 129 Å². The van der Waals surface area contributed by atoms with Crippen LogP contribution in [0.4, 0.5) is 17.1 Å². The van der Waals surface area contributed by atoms with Crippen LogP contribution in [0, 0.1) is 12.1 Å². The van der Waals surface area contributed by atoms with Crippen molar-refractivity contribution in [2.75, 3.05) is 4.90 Å². The Morgan fingerprint density at radius 3 is 1.72 bits per heavy atom. The summed E-state index contributed by atoms with van der Waals surface area (Å²) in [4.78, 5) is 2.33. The average Bonchev–Trinajstić information content (AvgIpc) is 3.65. The number of hydrogen-bond acceptors (Lipinski definition) is 1. The second-order valence-corrected chi connectivity index (χ2v) is 15.2. The van der Waals surface area contributed by atoms with E-state index >= 15 is 0 Å². The zero-order chi connectivity index (χ0) is 39.8. The third-order valence-electron chi connectivity index (χ3n) is 11.6. The molecule has 10 aromatic carbocycles. The zero-order valence-corrected chi connectivity index (χ0v) is 32.8. The van der Waals surface area contributed by atoms with Gasteiger partial charge in [-0.25, -0.2) is 0 Å². The second-order valence-electron chi connectivity index (χ2n) is 15.2. The Kier molecular flexibility index (Phi) is 8.77. The summed E-state index contributed by atoms with van der Waals surface area (Å²) in [7, 11) is 0. The summed E-state index contributed by atoms with van der Waals surface area (Å²) in [6.07, 6.45) is 0. The molecule has 0 aliphatic carbocycles. The molecule has 0 aliphatic rings. The average molecular weight is 763 g/mol. The van der Waals surface area contributed by atoms with E-state index in [2.05, 4.69) is 246 Å². The molecule has 0 saturated carbocycles. The molecule has 0 bridgehead atoms. The predicted molar refractivity (Wildman–Crippen MR) is 252 cm³/mol. The van der Waals surface area contributed by atoms with Crippen LogP contribution in [0.5, 0.6) is 0 Å². The third-order valence-corrected chi connectivity index (χ3v) is 11.6. The molecule has 1 aromatic heterocycles. The van der Waals surface area contributed by atoms with Gasteiger partial charge in [-0.15, -0.1) is 0 Å². The highest BCUT2D eigenvalue weighted by Crippen LogP contribution is 2.44. The highest BCUT2D eigenvalue weighted by Gasteiger charge is 2.21. The monoisotopic (exact) mass is 762 g/mol. The highest BCUT2D eigenvalue weighted by atomic mass is 15.1. The molecule has 2 nitrogen and oxygen atoms in total. The quantitative estimate of drug-likeness (QED) is 0.150. The van der Waals surface area contributed by atoms with Crippen molar-refractivity contribution >= 4 is 49.6 Å². The Balaban J connectivity index is 1.09. The number of anilines is 3. The summed E-state index contributed by atoms with van der Waals surface area (Å²) < 4.78 is 2.41. The van der Waals surface area contributed by atoms with Gasteiger partial charge in [0, 0.05) is 33.4 Å². The second kappa shape index (κ2) is 15.0. The number of fused-ring (bicyclic) bond motifs is 4. The first-order valence-electron chi connectivity index (χ1n) is 20.4. The van der Waals surface area contributed by atoms with Gasteiger partial charge in [-0.2, -0.15) is 0 Å². The predicted octanol–water partition coefficient (Wildman–Crippen LogP) is 15.7. The molecule has 0 aliphatic heterocycles. The zero-order valence-electron chi connectivity index (χ0n) is 32.8. The van der Waals surface area contributed by atoms with Gasteiger partial charge in [-0.1, -0.05) is 164 Å².